The fraction of sp³-hybridized carbons (Fsp3) is 0.393. The summed E-state index contributed by atoms with van der Waals surface area (Å²) in [6, 6.07) is 19.0. The van der Waals surface area contributed by atoms with E-state index in [1.165, 1.54) is 11.1 Å². The minimum Gasteiger partial charge on any atom is -0.353 e. The monoisotopic (exact) mass is 487 g/mol. The molecule has 7 heteroatoms. The number of aromatic nitrogens is 3. The Morgan fingerprint density at radius 2 is 1.91 bits per heavy atom. The fourth-order valence-electron chi connectivity index (χ4n) is 4.75. The molecule has 1 saturated heterocycles. The molecule has 5 rings (SSSR count). The van der Waals surface area contributed by atoms with E-state index in [-0.39, 0.29) is 17.9 Å². The molecule has 0 unspecified atom stereocenters. The van der Waals surface area contributed by atoms with E-state index in [2.05, 4.69) is 72.6 Å². The molecular formula is C28H33N5OS. The van der Waals surface area contributed by atoms with Gasteiger partial charge in [-0.2, -0.15) is 10.1 Å². The molecule has 35 heavy (non-hydrogen) atoms. The predicted molar refractivity (Wildman–Crippen MR) is 144 cm³/mol. The molecule has 2 aromatic carbocycles. The Balaban J connectivity index is 1.25. The molecule has 0 bridgehead atoms. The van der Waals surface area contributed by atoms with Crippen molar-refractivity contribution >= 4 is 32.7 Å². The van der Waals surface area contributed by atoms with Gasteiger partial charge in [-0.1, -0.05) is 59.4 Å². The zero-order valence-corrected chi connectivity index (χ0v) is 21.5. The van der Waals surface area contributed by atoms with Crippen molar-refractivity contribution < 1.29 is 4.79 Å². The van der Waals surface area contributed by atoms with Crippen LogP contribution in [0.25, 0.3) is 16.0 Å². The SMILES string of the molecule is Cc1ccc(-n2nc(C)c3sc(N4CCC[C@@H](C(=O)N[C@H](C)CCc5ccccc5)C4)nc32)cc1. The van der Waals surface area contributed by atoms with Crippen LogP contribution in [-0.2, 0) is 11.2 Å². The van der Waals surface area contributed by atoms with Crippen molar-refractivity contribution in [3.63, 3.8) is 0 Å². The molecular weight excluding hydrogens is 454 g/mol. The molecule has 1 fully saturated rings. The normalized spacial score (nSPS) is 17.0. The highest BCUT2D eigenvalue weighted by Gasteiger charge is 2.29. The summed E-state index contributed by atoms with van der Waals surface area (Å²) >= 11 is 1.68. The summed E-state index contributed by atoms with van der Waals surface area (Å²) in [6.07, 6.45) is 3.84. The lowest BCUT2D eigenvalue weighted by atomic mass is 9.96. The first-order valence-corrected chi connectivity index (χ1v) is 13.3. The van der Waals surface area contributed by atoms with Crippen molar-refractivity contribution in [1.29, 1.82) is 0 Å². The second kappa shape index (κ2) is 10.2. The first-order valence-electron chi connectivity index (χ1n) is 12.5. The standard InChI is InChI=1S/C28H33N5OS/c1-19-11-15-24(16-12-19)33-26-25(21(3)31-33)35-28(30-26)32-17-7-10-23(18-32)27(34)29-20(2)13-14-22-8-5-4-6-9-22/h4-6,8-9,11-12,15-16,20,23H,7,10,13-14,17-18H2,1-3H3,(H,29,34)/t20-,23-/m1/s1. The van der Waals surface area contributed by atoms with Crippen LogP contribution in [0.15, 0.2) is 54.6 Å². The van der Waals surface area contributed by atoms with Gasteiger partial charge in [-0.05, 0) is 64.2 Å². The Bertz CT molecular complexity index is 1290. The van der Waals surface area contributed by atoms with E-state index in [0.717, 1.165) is 59.1 Å². The van der Waals surface area contributed by atoms with E-state index in [9.17, 15) is 4.79 Å². The molecule has 0 spiro atoms. The van der Waals surface area contributed by atoms with Crippen molar-refractivity contribution in [3.8, 4) is 5.69 Å². The molecule has 1 amide bonds. The quantitative estimate of drug-likeness (QED) is 0.376. The molecule has 0 aliphatic carbocycles. The van der Waals surface area contributed by atoms with Crippen molar-refractivity contribution in [2.75, 3.05) is 18.0 Å². The van der Waals surface area contributed by atoms with Crippen LogP contribution < -0.4 is 10.2 Å². The topological polar surface area (TPSA) is 63.1 Å². The number of anilines is 1. The Kier molecular flexibility index (Phi) is 6.86. The lowest BCUT2D eigenvalue weighted by Crippen LogP contribution is -2.45. The number of piperidine rings is 1. The fourth-order valence-corrected chi connectivity index (χ4v) is 5.77. The first kappa shape index (κ1) is 23.5. The van der Waals surface area contributed by atoms with Gasteiger partial charge in [0.05, 0.1) is 22.0 Å². The summed E-state index contributed by atoms with van der Waals surface area (Å²) in [5, 5.41) is 8.98. The van der Waals surface area contributed by atoms with Gasteiger partial charge >= 0.3 is 0 Å². The molecule has 1 aliphatic heterocycles. The zero-order chi connectivity index (χ0) is 24.4. The van der Waals surface area contributed by atoms with E-state index >= 15 is 0 Å². The van der Waals surface area contributed by atoms with Gasteiger partial charge in [0.25, 0.3) is 0 Å². The lowest BCUT2D eigenvalue weighted by molar-refractivity contribution is -0.125. The summed E-state index contributed by atoms with van der Waals surface area (Å²) in [5.74, 6) is 0.156. The molecule has 2 atom stereocenters. The zero-order valence-electron chi connectivity index (χ0n) is 20.7. The second-order valence-corrected chi connectivity index (χ2v) is 10.7. The van der Waals surface area contributed by atoms with Gasteiger partial charge in [-0.3, -0.25) is 4.79 Å². The third kappa shape index (κ3) is 5.25. The summed E-state index contributed by atoms with van der Waals surface area (Å²) in [6.45, 7) is 7.87. The van der Waals surface area contributed by atoms with Crippen LogP contribution in [0.5, 0.6) is 0 Å². The van der Waals surface area contributed by atoms with Gasteiger partial charge < -0.3 is 10.2 Å². The van der Waals surface area contributed by atoms with Crippen LogP contribution in [0.4, 0.5) is 5.13 Å². The number of nitrogens with one attached hydrogen (secondary N) is 1. The van der Waals surface area contributed by atoms with Crippen molar-refractivity contribution in [1.82, 2.24) is 20.1 Å². The predicted octanol–water partition coefficient (Wildman–Crippen LogP) is 5.45. The number of benzene rings is 2. The molecule has 1 N–H and O–H groups in total. The van der Waals surface area contributed by atoms with E-state index in [1.54, 1.807) is 11.3 Å². The number of carbonyl (C=O) groups excluding carboxylic acids is 1. The number of thiazole rings is 1. The average molecular weight is 488 g/mol. The maximum absolute atomic E-state index is 13.1. The number of amides is 1. The Hall–Kier alpha value is -3.19. The van der Waals surface area contributed by atoms with Crippen molar-refractivity contribution in [2.24, 2.45) is 5.92 Å². The highest BCUT2D eigenvalue weighted by Crippen LogP contribution is 2.34. The molecule has 182 valence electrons. The number of carbonyl (C=O) groups is 1. The minimum absolute atomic E-state index is 0.00960. The van der Waals surface area contributed by atoms with E-state index < -0.39 is 0 Å². The van der Waals surface area contributed by atoms with E-state index in [0.29, 0.717) is 6.54 Å². The van der Waals surface area contributed by atoms with Crippen LogP contribution in [0, 0.1) is 19.8 Å². The summed E-state index contributed by atoms with van der Waals surface area (Å²) in [5.41, 5.74) is 5.44. The molecule has 0 radical (unpaired) electrons. The maximum atomic E-state index is 13.1. The van der Waals surface area contributed by atoms with Crippen LogP contribution >= 0.6 is 11.3 Å². The lowest BCUT2D eigenvalue weighted by Gasteiger charge is -2.32. The van der Waals surface area contributed by atoms with Gasteiger partial charge in [0.1, 0.15) is 0 Å². The van der Waals surface area contributed by atoms with Crippen LogP contribution in [0.2, 0.25) is 0 Å². The Morgan fingerprint density at radius 1 is 1.14 bits per heavy atom. The maximum Gasteiger partial charge on any atom is 0.225 e. The third-order valence-electron chi connectivity index (χ3n) is 6.82. The molecule has 1 aliphatic rings. The second-order valence-electron chi connectivity index (χ2n) is 9.70. The van der Waals surface area contributed by atoms with Gasteiger partial charge in [0.2, 0.25) is 5.91 Å². The molecule has 6 nitrogen and oxygen atoms in total. The number of hydrogen-bond donors (Lipinski definition) is 1. The largest absolute Gasteiger partial charge is 0.353 e. The van der Waals surface area contributed by atoms with Gasteiger partial charge in [0.15, 0.2) is 10.8 Å². The Morgan fingerprint density at radius 3 is 2.69 bits per heavy atom. The number of rotatable bonds is 7. The summed E-state index contributed by atoms with van der Waals surface area (Å²) < 4.78 is 3.05. The van der Waals surface area contributed by atoms with Crippen molar-refractivity contribution in [3.05, 3.63) is 71.4 Å². The summed E-state index contributed by atoms with van der Waals surface area (Å²) in [4.78, 5) is 20.3. The Labute approximate surface area is 211 Å². The van der Waals surface area contributed by atoms with Crippen LogP contribution in [-0.4, -0.2) is 39.8 Å². The number of aryl methyl sites for hydroxylation is 3. The molecule has 3 heterocycles. The van der Waals surface area contributed by atoms with Gasteiger partial charge in [0, 0.05) is 19.1 Å². The van der Waals surface area contributed by atoms with Gasteiger partial charge in [-0.15, -0.1) is 0 Å². The molecule has 2 aromatic heterocycles. The van der Waals surface area contributed by atoms with Crippen molar-refractivity contribution in [2.45, 2.75) is 52.5 Å². The van der Waals surface area contributed by atoms with E-state index in [4.69, 9.17) is 10.1 Å². The smallest absolute Gasteiger partial charge is 0.225 e. The first-order chi connectivity index (χ1) is 17.0. The molecule has 4 aromatic rings. The van der Waals surface area contributed by atoms with Gasteiger partial charge in [-0.25, -0.2) is 4.68 Å². The minimum atomic E-state index is -0.00960. The number of hydrogen-bond acceptors (Lipinski definition) is 5. The van der Waals surface area contributed by atoms with Crippen LogP contribution in [0.1, 0.15) is 43.0 Å². The molecule has 0 saturated carbocycles. The average Bonchev–Trinajstić information content (AvgIpc) is 3.45. The highest BCUT2D eigenvalue weighted by atomic mass is 32.1. The van der Waals surface area contributed by atoms with Crippen LogP contribution in [0.3, 0.4) is 0 Å². The van der Waals surface area contributed by atoms with E-state index in [1.807, 2.05) is 17.7 Å². The summed E-state index contributed by atoms with van der Waals surface area (Å²) in [7, 11) is 0. The highest BCUT2D eigenvalue weighted by molar-refractivity contribution is 7.22. The number of nitrogens with zero attached hydrogens (tertiary/aromatic N) is 4. The third-order valence-corrected chi connectivity index (χ3v) is 8.03. The number of fused-ring (bicyclic) bond motifs is 1.